The molecular formula is C18H16ClN3O3S. The zero-order valence-electron chi connectivity index (χ0n) is 13.9. The Kier molecular flexibility index (Phi) is 4.20. The summed E-state index contributed by atoms with van der Waals surface area (Å²) in [6, 6.07) is 8.70. The molecule has 0 spiro atoms. The third-order valence-corrected chi connectivity index (χ3v) is 6.09. The highest BCUT2D eigenvalue weighted by Crippen LogP contribution is 2.38. The number of thiophene rings is 1. The van der Waals surface area contributed by atoms with Gasteiger partial charge in [-0.1, -0.05) is 35.9 Å². The average molecular weight is 390 g/mol. The summed E-state index contributed by atoms with van der Waals surface area (Å²) < 4.78 is 0.660. The highest BCUT2D eigenvalue weighted by atomic mass is 35.5. The maximum atomic E-state index is 12.7. The number of nitrogens with one attached hydrogen (secondary N) is 1. The predicted molar refractivity (Wildman–Crippen MR) is 101 cm³/mol. The molecule has 8 heteroatoms. The molecule has 0 saturated heterocycles. The number of hydrogen-bond donors (Lipinski definition) is 2. The highest BCUT2D eigenvalue weighted by Gasteiger charge is 2.38. The number of carboxylic acid groups (broad SMARTS) is 1. The molecule has 1 aromatic carbocycles. The van der Waals surface area contributed by atoms with Gasteiger partial charge in [0, 0.05) is 18.3 Å². The number of carbonyl (C=O) groups excluding carboxylic acids is 1. The minimum Gasteiger partial charge on any atom is -0.465 e. The van der Waals surface area contributed by atoms with Crippen LogP contribution in [0.4, 0.5) is 10.5 Å². The van der Waals surface area contributed by atoms with Crippen molar-refractivity contribution >= 4 is 46.3 Å². The van der Waals surface area contributed by atoms with Crippen molar-refractivity contribution in [3.8, 4) is 0 Å². The zero-order valence-corrected chi connectivity index (χ0v) is 15.5. The second-order valence-electron chi connectivity index (χ2n) is 6.42. The number of fused-ring (bicyclic) bond motifs is 2. The van der Waals surface area contributed by atoms with E-state index in [0.717, 1.165) is 21.7 Å². The van der Waals surface area contributed by atoms with Gasteiger partial charge in [-0.25, -0.2) is 9.79 Å². The lowest BCUT2D eigenvalue weighted by Gasteiger charge is -2.28. The molecule has 2 amide bonds. The van der Waals surface area contributed by atoms with Crippen LogP contribution in [0.25, 0.3) is 0 Å². The van der Waals surface area contributed by atoms with E-state index in [1.165, 1.54) is 23.3 Å². The van der Waals surface area contributed by atoms with Crippen molar-refractivity contribution in [2.24, 2.45) is 4.99 Å². The Hall–Kier alpha value is -2.38. The summed E-state index contributed by atoms with van der Waals surface area (Å²) in [5.74, 6) is -0.258. The molecule has 0 radical (unpaired) electrons. The van der Waals surface area contributed by atoms with E-state index in [1.54, 1.807) is 6.07 Å². The van der Waals surface area contributed by atoms with E-state index >= 15 is 0 Å². The number of rotatable bonds is 3. The third-order valence-electron chi connectivity index (χ3n) is 4.83. The Morgan fingerprint density at radius 2 is 2.15 bits per heavy atom. The van der Waals surface area contributed by atoms with Gasteiger partial charge in [-0.05, 0) is 23.6 Å². The molecule has 4 rings (SSSR count). The topological polar surface area (TPSA) is 82.0 Å². The van der Waals surface area contributed by atoms with Crippen molar-refractivity contribution in [2.75, 3.05) is 7.05 Å². The summed E-state index contributed by atoms with van der Waals surface area (Å²) in [6.45, 7) is 0. The Morgan fingerprint density at radius 3 is 2.88 bits per heavy atom. The molecule has 1 aliphatic heterocycles. The maximum absolute atomic E-state index is 12.7. The van der Waals surface area contributed by atoms with Crippen LogP contribution in [0, 0.1) is 0 Å². The van der Waals surface area contributed by atoms with Gasteiger partial charge in [-0.3, -0.25) is 4.79 Å². The molecule has 6 nitrogen and oxygen atoms in total. The van der Waals surface area contributed by atoms with E-state index in [-0.39, 0.29) is 11.9 Å². The molecule has 26 heavy (non-hydrogen) atoms. The number of amides is 2. The smallest absolute Gasteiger partial charge is 0.407 e. The molecule has 1 aliphatic carbocycles. The van der Waals surface area contributed by atoms with Gasteiger partial charge in [0.15, 0.2) is 0 Å². The number of benzene rings is 1. The molecule has 2 aromatic rings. The van der Waals surface area contributed by atoms with Crippen molar-refractivity contribution in [1.82, 2.24) is 10.2 Å². The van der Waals surface area contributed by atoms with Crippen LogP contribution in [0.5, 0.6) is 0 Å². The van der Waals surface area contributed by atoms with Crippen LogP contribution in [-0.4, -0.2) is 40.8 Å². The monoisotopic (exact) mass is 389 g/mol. The summed E-state index contributed by atoms with van der Waals surface area (Å²) in [6.07, 6.45) is 0.0175. The molecule has 0 bridgehead atoms. The van der Waals surface area contributed by atoms with Crippen molar-refractivity contribution in [2.45, 2.75) is 24.9 Å². The fraction of sp³-hybridized carbons (Fsp3) is 0.278. The summed E-state index contributed by atoms with van der Waals surface area (Å²) in [5.41, 5.74) is 3.17. The number of aliphatic imine (C=N–C) groups is 1. The lowest BCUT2D eigenvalue weighted by atomic mass is 10.1. The number of hydrogen-bond acceptors (Lipinski definition) is 4. The SMILES string of the molecule is CN(C(=O)O)[C@@H]1c2ccccc2C[C@H]1NC(=O)C1=Nc2cc(Cl)sc2C1. The third kappa shape index (κ3) is 2.87. The van der Waals surface area contributed by atoms with Gasteiger partial charge in [0.25, 0.3) is 5.91 Å². The Morgan fingerprint density at radius 1 is 1.38 bits per heavy atom. The Balaban J connectivity index is 1.55. The van der Waals surface area contributed by atoms with Crippen molar-refractivity contribution in [3.63, 3.8) is 0 Å². The molecule has 0 fully saturated rings. The highest BCUT2D eigenvalue weighted by molar-refractivity contribution is 7.17. The van der Waals surface area contributed by atoms with Crippen LogP contribution in [0.3, 0.4) is 0 Å². The van der Waals surface area contributed by atoms with Crippen LogP contribution < -0.4 is 5.32 Å². The first-order valence-corrected chi connectivity index (χ1v) is 9.33. The van der Waals surface area contributed by atoms with Crippen LogP contribution in [0.2, 0.25) is 4.34 Å². The van der Waals surface area contributed by atoms with E-state index in [4.69, 9.17) is 11.6 Å². The lowest BCUT2D eigenvalue weighted by molar-refractivity contribution is -0.115. The second kappa shape index (κ2) is 6.41. The molecule has 2 N–H and O–H groups in total. The zero-order chi connectivity index (χ0) is 18.4. The van der Waals surface area contributed by atoms with Gasteiger partial charge >= 0.3 is 6.09 Å². The maximum Gasteiger partial charge on any atom is 0.407 e. The van der Waals surface area contributed by atoms with E-state index in [1.807, 2.05) is 24.3 Å². The van der Waals surface area contributed by atoms with Gasteiger partial charge in [0.2, 0.25) is 0 Å². The van der Waals surface area contributed by atoms with Crippen LogP contribution in [-0.2, 0) is 17.6 Å². The van der Waals surface area contributed by atoms with E-state index in [0.29, 0.717) is 22.9 Å². The van der Waals surface area contributed by atoms with Crippen molar-refractivity contribution in [1.29, 1.82) is 0 Å². The van der Waals surface area contributed by atoms with Gasteiger partial charge < -0.3 is 15.3 Å². The van der Waals surface area contributed by atoms with Gasteiger partial charge in [0.1, 0.15) is 5.71 Å². The number of halogens is 1. The normalized spacial score (nSPS) is 20.3. The van der Waals surface area contributed by atoms with E-state index in [2.05, 4.69) is 10.3 Å². The van der Waals surface area contributed by atoms with Crippen LogP contribution in [0.15, 0.2) is 35.3 Å². The average Bonchev–Trinajstić information content (AvgIpc) is 3.24. The largest absolute Gasteiger partial charge is 0.465 e. The Bertz CT molecular complexity index is 940. The molecule has 0 unspecified atom stereocenters. The first kappa shape index (κ1) is 17.1. The molecule has 134 valence electrons. The Labute approximate surface area is 159 Å². The van der Waals surface area contributed by atoms with Crippen LogP contribution in [0.1, 0.15) is 22.0 Å². The van der Waals surface area contributed by atoms with Crippen molar-refractivity contribution in [3.05, 3.63) is 50.7 Å². The van der Waals surface area contributed by atoms with Gasteiger partial charge in [-0.2, -0.15) is 0 Å². The first-order chi connectivity index (χ1) is 12.4. The second-order valence-corrected chi connectivity index (χ2v) is 8.18. The minimum absolute atomic E-state index is 0.258. The standard InChI is InChI=1S/C18H16ClN3O3S/c1-22(18(24)25)16-10-5-3-2-4-9(10)6-12(16)21-17(23)13-7-14-11(20-13)8-15(19)26-14/h2-5,8,12,16H,6-7H2,1H3,(H,21,23)(H,24,25)/t12-,16-/m1/s1. The predicted octanol–water partition coefficient (Wildman–Crippen LogP) is 3.42. The van der Waals surface area contributed by atoms with E-state index in [9.17, 15) is 14.7 Å². The summed E-state index contributed by atoms with van der Waals surface area (Å²) >= 11 is 7.39. The molecule has 2 aliphatic rings. The van der Waals surface area contributed by atoms with Gasteiger partial charge in [-0.15, -0.1) is 11.3 Å². The molecule has 1 aromatic heterocycles. The fourth-order valence-electron chi connectivity index (χ4n) is 3.63. The minimum atomic E-state index is -1.03. The summed E-state index contributed by atoms with van der Waals surface area (Å²) in [7, 11) is 1.53. The summed E-state index contributed by atoms with van der Waals surface area (Å²) in [4.78, 5) is 30.8. The van der Waals surface area contributed by atoms with Crippen molar-refractivity contribution < 1.29 is 14.7 Å². The molecule has 2 heterocycles. The first-order valence-electron chi connectivity index (χ1n) is 8.14. The van der Waals surface area contributed by atoms with Gasteiger partial charge in [0.05, 0.1) is 22.1 Å². The quantitative estimate of drug-likeness (QED) is 0.843. The molecule has 2 atom stereocenters. The number of likely N-dealkylation sites (N-methyl/N-ethyl adjacent to an activating group) is 1. The fourth-order valence-corrected chi connectivity index (χ4v) is 4.84. The number of carbonyl (C=O) groups is 2. The summed E-state index contributed by atoms with van der Waals surface area (Å²) in [5, 5.41) is 12.4. The molecular weight excluding hydrogens is 374 g/mol. The van der Waals surface area contributed by atoms with Crippen LogP contribution >= 0.6 is 22.9 Å². The number of nitrogens with zero attached hydrogens (tertiary/aromatic N) is 2. The lowest BCUT2D eigenvalue weighted by Crippen LogP contribution is -2.46. The van der Waals surface area contributed by atoms with E-state index < -0.39 is 12.1 Å². The molecule has 0 saturated carbocycles.